The van der Waals surface area contributed by atoms with E-state index in [1.54, 1.807) is 0 Å². The SMILES string of the molecule is Nc1cc(F)ccc1S(=O)(=O)NCc1ccc(F)c(F)c1. The van der Waals surface area contributed by atoms with Crippen molar-refractivity contribution in [3.63, 3.8) is 0 Å². The zero-order chi connectivity index (χ0) is 15.6. The van der Waals surface area contributed by atoms with Crippen LogP contribution in [0.15, 0.2) is 41.3 Å². The molecule has 112 valence electrons. The van der Waals surface area contributed by atoms with Gasteiger partial charge in [0.2, 0.25) is 10.0 Å². The predicted octanol–water partition coefficient (Wildman–Crippen LogP) is 2.16. The van der Waals surface area contributed by atoms with Gasteiger partial charge in [0, 0.05) is 6.54 Å². The van der Waals surface area contributed by atoms with Gasteiger partial charge < -0.3 is 5.73 Å². The molecule has 2 rings (SSSR count). The molecule has 8 heteroatoms. The Morgan fingerprint density at radius 1 is 1.00 bits per heavy atom. The number of halogens is 3. The van der Waals surface area contributed by atoms with Gasteiger partial charge in [0.15, 0.2) is 11.6 Å². The highest BCUT2D eigenvalue weighted by Gasteiger charge is 2.17. The van der Waals surface area contributed by atoms with Gasteiger partial charge >= 0.3 is 0 Å². The minimum absolute atomic E-state index is 0.234. The Hall–Kier alpha value is -2.06. The van der Waals surface area contributed by atoms with E-state index in [2.05, 4.69) is 4.72 Å². The number of hydrogen-bond acceptors (Lipinski definition) is 3. The zero-order valence-corrected chi connectivity index (χ0v) is 11.4. The molecule has 0 atom stereocenters. The molecule has 0 unspecified atom stereocenters. The van der Waals surface area contributed by atoms with E-state index in [1.165, 1.54) is 6.07 Å². The highest BCUT2D eigenvalue weighted by atomic mass is 32.2. The summed E-state index contributed by atoms with van der Waals surface area (Å²) in [6.45, 7) is -0.254. The third-order valence-electron chi connectivity index (χ3n) is 2.71. The third kappa shape index (κ3) is 3.53. The standard InChI is InChI=1S/C13H11F3N2O2S/c14-9-2-4-13(12(17)6-9)21(19,20)18-7-8-1-3-10(15)11(16)5-8/h1-6,18H,7,17H2. The monoisotopic (exact) mass is 316 g/mol. The molecule has 0 amide bonds. The number of nitrogens with one attached hydrogen (secondary N) is 1. The second-order valence-electron chi connectivity index (χ2n) is 4.26. The van der Waals surface area contributed by atoms with Gasteiger partial charge in [-0.2, -0.15) is 0 Å². The molecule has 0 aliphatic heterocycles. The molecule has 0 bridgehead atoms. The molecule has 21 heavy (non-hydrogen) atoms. The summed E-state index contributed by atoms with van der Waals surface area (Å²) in [7, 11) is -3.99. The van der Waals surface area contributed by atoms with Gasteiger partial charge in [-0.15, -0.1) is 0 Å². The number of nitrogen functional groups attached to an aromatic ring is 1. The van der Waals surface area contributed by atoms with Crippen LogP contribution in [-0.2, 0) is 16.6 Å². The first-order chi connectivity index (χ1) is 9.79. The fraction of sp³-hybridized carbons (Fsp3) is 0.0769. The third-order valence-corrected chi connectivity index (χ3v) is 4.19. The van der Waals surface area contributed by atoms with Crippen molar-refractivity contribution < 1.29 is 21.6 Å². The summed E-state index contributed by atoms with van der Waals surface area (Å²) in [5.74, 6) is -2.76. The second-order valence-corrected chi connectivity index (χ2v) is 5.99. The molecule has 0 aliphatic carbocycles. The van der Waals surface area contributed by atoms with Crippen LogP contribution in [0.2, 0.25) is 0 Å². The van der Waals surface area contributed by atoms with Crippen LogP contribution in [0.3, 0.4) is 0 Å². The molecule has 2 aromatic carbocycles. The lowest BCUT2D eigenvalue weighted by atomic mass is 10.2. The fourth-order valence-corrected chi connectivity index (χ4v) is 2.80. The Bertz CT molecular complexity index is 779. The molecular weight excluding hydrogens is 305 g/mol. The predicted molar refractivity (Wildman–Crippen MR) is 71.2 cm³/mol. The summed E-state index contributed by atoms with van der Waals surface area (Å²) < 4.78 is 64.9. The quantitative estimate of drug-likeness (QED) is 0.849. The van der Waals surface area contributed by atoms with E-state index in [0.29, 0.717) is 0 Å². The van der Waals surface area contributed by atoms with Crippen molar-refractivity contribution in [3.8, 4) is 0 Å². The van der Waals surface area contributed by atoms with Crippen LogP contribution >= 0.6 is 0 Å². The number of anilines is 1. The van der Waals surface area contributed by atoms with Crippen molar-refractivity contribution in [3.05, 3.63) is 59.4 Å². The van der Waals surface area contributed by atoms with Crippen molar-refractivity contribution >= 4 is 15.7 Å². The summed E-state index contributed by atoms with van der Waals surface area (Å²) in [5.41, 5.74) is 5.44. The fourth-order valence-electron chi connectivity index (χ4n) is 1.67. The van der Waals surface area contributed by atoms with Crippen LogP contribution in [0, 0.1) is 17.5 Å². The first-order valence-electron chi connectivity index (χ1n) is 5.78. The Kier molecular flexibility index (Phi) is 4.19. The lowest BCUT2D eigenvalue weighted by Crippen LogP contribution is -2.24. The van der Waals surface area contributed by atoms with Crippen molar-refractivity contribution in [1.82, 2.24) is 4.72 Å². The summed E-state index contributed by atoms with van der Waals surface area (Å²) in [6.07, 6.45) is 0. The van der Waals surface area contributed by atoms with Gasteiger partial charge in [-0.1, -0.05) is 6.07 Å². The average molecular weight is 316 g/mol. The van der Waals surface area contributed by atoms with Crippen LogP contribution in [0.1, 0.15) is 5.56 Å². The van der Waals surface area contributed by atoms with Gasteiger partial charge in [0.1, 0.15) is 10.7 Å². The first kappa shape index (κ1) is 15.3. The largest absolute Gasteiger partial charge is 0.398 e. The maximum atomic E-state index is 13.0. The van der Waals surface area contributed by atoms with E-state index in [1.807, 2.05) is 0 Å². The Morgan fingerprint density at radius 3 is 2.33 bits per heavy atom. The van der Waals surface area contributed by atoms with Gasteiger partial charge in [-0.3, -0.25) is 0 Å². The first-order valence-corrected chi connectivity index (χ1v) is 7.26. The maximum absolute atomic E-state index is 13.0. The van der Waals surface area contributed by atoms with E-state index in [4.69, 9.17) is 5.73 Å². The number of nitrogens with two attached hydrogens (primary N) is 1. The van der Waals surface area contributed by atoms with Gasteiger partial charge in [-0.25, -0.2) is 26.3 Å². The lowest BCUT2D eigenvalue weighted by Gasteiger charge is -2.09. The maximum Gasteiger partial charge on any atom is 0.242 e. The summed E-state index contributed by atoms with van der Waals surface area (Å²) in [6, 6.07) is 5.89. The van der Waals surface area contributed by atoms with Crippen LogP contribution in [0.25, 0.3) is 0 Å². The molecule has 3 N–H and O–H groups in total. The highest BCUT2D eigenvalue weighted by Crippen LogP contribution is 2.19. The van der Waals surface area contributed by atoms with Crippen molar-refractivity contribution in [2.75, 3.05) is 5.73 Å². The Morgan fingerprint density at radius 2 is 1.71 bits per heavy atom. The zero-order valence-electron chi connectivity index (χ0n) is 10.6. The van der Waals surface area contributed by atoms with Gasteiger partial charge in [0.05, 0.1) is 5.69 Å². The van der Waals surface area contributed by atoms with Gasteiger partial charge in [0.25, 0.3) is 0 Å². The summed E-state index contributed by atoms with van der Waals surface area (Å²) in [4.78, 5) is -0.286. The normalized spacial score (nSPS) is 11.6. The average Bonchev–Trinajstić information content (AvgIpc) is 2.40. The molecule has 0 radical (unpaired) electrons. The molecule has 0 aliphatic rings. The molecule has 2 aromatic rings. The summed E-state index contributed by atoms with van der Waals surface area (Å²) >= 11 is 0. The van der Waals surface area contributed by atoms with Gasteiger partial charge in [-0.05, 0) is 35.9 Å². The Labute approximate surface area is 119 Å². The minimum atomic E-state index is -3.99. The van der Waals surface area contributed by atoms with E-state index >= 15 is 0 Å². The van der Waals surface area contributed by atoms with Crippen molar-refractivity contribution in [1.29, 1.82) is 0 Å². The van der Waals surface area contributed by atoms with Crippen LogP contribution < -0.4 is 10.5 Å². The molecule has 0 heterocycles. The number of hydrogen-bond donors (Lipinski definition) is 2. The van der Waals surface area contributed by atoms with Crippen LogP contribution in [0.5, 0.6) is 0 Å². The topological polar surface area (TPSA) is 72.2 Å². The Balaban J connectivity index is 2.19. The van der Waals surface area contributed by atoms with Crippen LogP contribution in [-0.4, -0.2) is 8.42 Å². The highest BCUT2D eigenvalue weighted by molar-refractivity contribution is 7.89. The van der Waals surface area contributed by atoms with Crippen molar-refractivity contribution in [2.45, 2.75) is 11.4 Å². The van der Waals surface area contributed by atoms with E-state index in [-0.39, 0.29) is 22.7 Å². The molecular formula is C13H11F3N2O2S. The van der Waals surface area contributed by atoms with Crippen LogP contribution in [0.4, 0.5) is 18.9 Å². The molecule has 0 saturated heterocycles. The smallest absolute Gasteiger partial charge is 0.242 e. The molecule has 0 aromatic heterocycles. The van der Waals surface area contributed by atoms with E-state index in [9.17, 15) is 21.6 Å². The number of sulfonamides is 1. The molecule has 0 saturated carbocycles. The van der Waals surface area contributed by atoms with Crippen molar-refractivity contribution in [2.24, 2.45) is 0 Å². The minimum Gasteiger partial charge on any atom is -0.398 e. The number of rotatable bonds is 4. The lowest BCUT2D eigenvalue weighted by molar-refractivity contribution is 0.506. The number of benzene rings is 2. The summed E-state index contributed by atoms with van der Waals surface area (Å²) in [5, 5.41) is 0. The van der Waals surface area contributed by atoms with E-state index in [0.717, 1.165) is 30.3 Å². The molecule has 0 fully saturated rings. The molecule has 4 nitrogen and oxygen atoms in total. The second kappa shape index (κ2) is 5.74. The van der Waals surface area contributed by atoms with E-state index < -0.39 is 27.5 Å². The molecule has 0 spiro atoms.